The average Bonchev–Trinajstić information content (AvgIpc) is 3.10. The van der Waals surface area contributed by atoms with Gasteiger partial charge in [0.25, 0.3) is 0 Å². The Morgan fingerprint density at radius 3 is 3.04 bits per heavy atom. The summed E-state index contributed by atoms with van der Waals surface area (Å²) in [5.74, 6) is 0.198. The Bertz CT molecular complexity index is 904. The number of piperidine rings is 1. The molecule has 0 radical (unpaired) electrons. The lowest BCUT2D eigenvalue weighted by Gasteiger charge is -2.50. The number of fused-ring (bicyclic) bond motifs is 1. The Balaban J connectivity index is 1.74. The first-order valence-electron chi connectivity index (χ1n) is 9.50. The number of carbonyl (C=O) groups excluding carboxylic acids is 1. The Kier molecular flexibility index (Phi) is 2.83. The molecule has 1 N–H and O–H groups in total. The normalized spacial score (nSPS) is 37.2. The van der Waals surface area contributed by atoms with Crippen molar-refractivity contribution in [2.45, 2.75) is 37.5 Å². The minimum atomic E-state index is -0.940. The van der Waals surface area contributed by atoms with Crippen LogP contribution in [-0.4, -0.2) is 47.9 Å². The highest BCUT2D eigenvalue weighted by atomic mass is 16.6. The summed E-state index contributed by atoms with van der Waals surface area (Å²) >= 11 is 0. The van der Waals surface area contributed by atoms with Crippen LogP contribution >= 0.6 is 0 Å². The van der Waals surface area contributed by atoms with Gasteiger partial charge in [0, 0.05) is 43.2 Å². The maximum atomic E-state index is 12.7. The van der Waals surface area contributed by atoms with Crippen LogP contribution in [0.5, 0.6) is 0 Å². The summed E-state index contributed by atoms with van der Waals surface area (Å²) in [5.41, 5.74) is 5.31. The minimum Gasteiger partial charge on any atom is -0.364 e. The van der Waals surface area contributed by atoms with Crippen molar-refractivity contribution in [2.75, 3.05) is 24.6 Å². The predicted octanol–water partition coefficient (Wildman–Crippen LogP) is 1.93. The van der Waals surface area contributed by atoms with Gasteiger partial charge < -0.3 is 9.84 Å². The number of hydrogen-bond donors (Lipinski definition) is 1. The number of aliphatic hydroxyl groups is 1. The number of para-hydroxylation sites is 1. The highest BCUT2D eigenvalue weighted by molar-refractivity contribution is 6.00. The van der Waals surface area contributed by atoms with Gasteiger partial charge in [-0.3, -0.25) is 14.6 Å². The molecule has 1 aromatic carbocycles. The van der Waals surface area contributed by atoms with E-state index in [4.69, 9.17) is 4.74 Å². The topological polar surface area (TPSA) is 53.0 Å². The largest absolute Gasteiger partial charge is 0.364 e. The first-order chi connectivity index (χ1) is 12.6. The van der Waals surface area contributed by atoms with Crippen LogP contribution in [0.15, 0.2) is 47.2 Å². The van der Waals surface area contributed by atoms with E-state index >= 15 is 0 Å². The van der Waals surface area contributed by atoms with Gasteiger partial charge in [-0.2, -0.15) is 0 Å². The van der Waals surface area contributed by atoms with Crippen molar-refractivity contribution in [3.05, 3.63) is 52.7 Å². The third kappa shape index (κ3) is 1.56. The lowest BCUT2D eigenvalue weighted by atomic mass is 9.61. The number of amides is 1. The third-order valence-electron chi connectivity index (χ3n) is 7.20. The first kappa shape index (κ1) is 15.1. The van der Waals surface area contributed by atoms with Gasteiger partial charge in [-0.1, -0.05) is 29.8 Å². The summed E-state index contributed by atoms with van der Waals surface area (Å²) in [6.45, 7) is 4.04. The maximum absolute atomic E-state index is 12.7. The molecule has 26 heavy (non-hydrogen) atoms. The van der Waals surface area contributed by atoms with Gasteiger partial charge in [-0.15, -0.1) is 0 Å². The van der Waals surface area contributed by atoms with Crippen molar-refractivity contribution < 1.29 is 14.6 Å². The summed E-state index contributed by atoms with van der Waals surface area (Å²) in [4.78, 5) is 17.2. The van der Waals surface area contributed by atoms with E-state index in [0.717, 1.165) is 42.9 Å². The number of benzene rings is 1. The quantitative estimate of drug-likeness (QED) is 0.727. The van der Waals surface area contributed by atoms with Crippen LogP contribution in [0.25, 0.3) is 0 Å². The van der Waals surface area contributed by atoms with Crippen LogP contribution in [0.3, 0.4) is 0 Å². The van der Waals surface area contributed by atoms with E-state index in [2.05, 4.69) is 23.1 Å². The standard InChI is InChI=1S/C21H22N2O3/c1-12(24)23-16-5-3-2-4-15(16)21-7-8-22-11-13-6-9-26-20(25)18(19(21)23)14(13)10-17(21)22/h2-6,14,17,20,25H,7-11H2,1H3/t14-,17-,20-,21-/m1/s1. The van der Waals surface area contributed by atoms with Gasteiger partial charge in [0.15, 0.2) is 6.29 Å². The third-order valence-corrected chi connectivity index (χ3v) is 7.20. The SMILES string of the molecule is CC(=O)N1C2=C3[C@@H]4C[C@H]5N(CC[C@]25c2ccccc21)CC4=CCO[C@H]3O. The van der Waals surface area contributed by atoms with E-state index in [9.17, 15) is 9.90 Å². The number of ether oxygens (including phenoxy) is 1. The lowest BCUT2D eigenvalue weighted by Crippen LogP contribution is -2.55. The molecule has 1 aliphatic carbocycles. The second-order valence-electron chi connectivity index (χ2n) is 8.14. The minimum absolute atomic E-state index is 0.0113. The van der Waals surface area contributed by atoms with Crippen molar-refractivity contribution in [3.63, 3.8) is 0 Å². The molecule has 2 fully saturated rings. The number of hydrogen-bond acceptors (Lipinski definition) is 4. The fraction of sp³-hybridized carbons (Fsp3) is 0.476. The van der Waals surface area contributed by atoms with Crippen molar-refractivity contribution in [2.24, 2.45) is 5.92 Å². The molecule has 0 unspecified atom stereocenters. The number of aliphatic hydroxyl groups excluding tert-OH is 1. The van der Waals surface area contributed by atoms with Gasteiger partial charge in [0.2, 0.25) is 5.91 Å². The number of nitrogens with zero attached hydrogens (tertiary/aromatic N) is 2. The van der Waals surface area contributed by atoms with E-state index in [1.165, 1.54) is 11.1 Å². The van der Waals surface area contributed by atoms with Crippen molar-refractivity contribution in [3.8, 4) is 0 Å². The van der Waals surface area contributed by atoms with Gasteiger partial charge >= 0.3 is 0 Å². The van der Waals surface area contributed by atoms with Gasteiger partial charge in [-0.25, -0.2) is 0 Å². The van der Waals surface area contributed by atoms with E-state index in [1.807, 2.05) is 17.0 Å². The summed E-state index contributed by atoms with van der Waals surface area (Å²) in [6.07, 6.45) is 3.20. The predicted molar refractivity (Wildman–Crippen MR) is 96.4 cm³/mol. The molecule has 0 aromatic heterocycles. The van der Waals surface area contributed by atoms with Crippen molar-refractivity contribution in [1.29, 1.82) is 0 Å². The van der Waals surface area contributed by atoms with Crippen LogP contribution in [0, 0.1) is 5.92 Å². The number of rotatable bonds is 0. The molecule has 1 spiro atoms. The fourth-order valence-corrected chi connectivity index (χ4v) is 6.33. The van der Waals surface area contributed by atoms with Crippen molar-refractivity contribution >= 4 is 11.6 Å². The molecule has 1 amide bonds. The molecule has 4 heterocycles. The molecule has 4 aliphatic heterocycles. The fourth-order valence-electron chi connectivity index (χ4n) is 6.33. The summed E-state index contributed by atoms with van der Waals surface area (Å²) in [7, 11) is 0. The van der Waals surface area contributed by atoms with E-state index in [1.54, 1.807) is 6.92 Å². The highest BCUT2D eigenvalue weighted by Gasteiger charge is 2.64. The molecular formula is C21H22N2O3. The zero-order valence-electron chi connectivity index (χ0n) is 14.8. The monoisotopic (exact) mass is 350 g/mol. The molecule has 6 rings (SSSR count). The van der Waals surface area contributed by atoms with E-state index in [-0.39, 0.29) is 17.2 Å². The van der Waals surface area contributed by atoms with Gasteiger partial charge in [0.1, 0.15) is 0 Å². The molecule has 0 saturated carbocycles. The molecule has 5 heteroatoms. The van der Waals surface area contributed by atoms with Gasteiger partial charge in [-0.05, 0) is 24.5 Å². The van der Waals surface area contributed by atoms with Crippen LogP contribution in [0.1, 0.15) is 25.3 Å². The summed E-state index contributed by atoms with van der Waals surface area (Å²) in [6, 6.07) is 8.68. The molecule has 2 saturated heterocycles. The molecule has 134 valence electrons. The second-order valence-corrected chi connectivity index (χ2v) is 8.14. The Labute approximate surface area is 152 Å². The summed E-state index contributed by atoms with van der Waals surface area (Å²) < 4.78 is 5.73. The smallest absolute Gasteiger partial charge is 0.228 e. The number of carbonyl (C=O) groups is 1. The van der Waals surface area contributed by atoms with Crippen LogP contribution < -0.4 is 4.90 Å². The van der Waals surface area contributed by atoms with E-state index in [0.29, 0.717) is 12.6 Å². The lowest BCUT2D eigenvalue weighted by molar-refractivity contribution is -0.116. The van der Waals surface area contributed by atoms with Crippen LogP contribution in [-0.2, 0) is 14.9 Å². The molecule has 4 atom stereocenters. The number of anilines is 1. The molecule has 2 bridgehead atoms. The van der Waals surface area contributed by atoms with Crippen LogP contribution in [0.2, 0.25) is 0 Å². The molecule has 1 aromatic rings. The average molecular weight is 350 g/mol. The molecule has 5 aliphatic rings. The maximum Gasteiger partial charge on any atom is 0.228 e. The van der Waals surface area contributed by atoms with Crippen molar-refractivity contribution in [1.82, 2.24) is 4.90 Å². The highest BCUT2D eigenvalue weighted by Crippen LogP contribution is 2.63. The summed E-state index contributed by atoms with van der Waals surface area (Å²) in [5, 5.41) is 10.9. The first-order valence-corrected chi connectivity index (χ1v) is 9.50. The van der Waals surface area contributed by atoms with E-state index < -0.39 is 6.29 Å². The molecule has 5 nitrogen and oxygen atoms in total. The molecular weight excluding hydrogens is 328 g/mol. The van der Waals surface area contributed by atoms with Gasteiger partial charge in [0.05, 0.1) is 17.7 Å². The van der Waals surface area contributed by atoms with Crippen LogP contribution in [0.4, 0.5) is 5.69 Å². The Morgan fingerprint density at radius 2 is 2.19 bits per heavy atom. The zero-order chi connectivity index (χ0) is 17.6. The second kappa shape index (κ2) is 4.85. The Hall–Kier alpha value is -1.95. The zero-order valence-corrected chi connectivity index (χ0v) is 14.8. The Morgan fingerprint density at radius 1 is 1.35 bits per heavy atom.